The van der Waals surface area contributed by atoms with E-state index in [-0.39, 0.29) is 24.6 Å². The van der Waals surface area contributed by atoms with Crippen LogP contribution in [0.4, 0.5) is 14.9 Å². The van der Waals surface area contributed by atoms with Crippen molar-refractivity contribution in [1.82, 2.24) is 0 Å². The molecule has 6 nitrogen and oxygen atoms in total. The third-order valence-corrected chi connectivity index (χ3v) is 2.65. The molecule has 20 heavy (non-hydrogen) atoms. The number of ether oxygens (including phenoxy) is 2. The van der Waals surface area contributed by atoms with Gasteiger partial charge in [-0.05, 0) is 12.1 Å². The van der Waals surface area contributed by atoms with Crippen molar-refractivity contribution in [3.63, 3.8) is 0 Å². The number of carbonyl (C=O) groups excluding carboxylic acids is 1. The molecule has 1 atom stereocenters. The average Bonchev–Trinajstić information content (AvgIpc) is 2.42. The van der Waals surface area contributed by atoms with Gasteiger partial charge in [0.2, 0.25) is 6.10 Å². The van der Waals surface area contributed by atoms with Crippen LogP contribution < -0.4 is 9.64 Å². The van der Waals surface area contributed by atoms with Crippen LogP contribution in [-0.4, -0.2) is 36.4 Å². The monoisotopic (exact) mass is 281 g/mol. The zero-order valence-corrected chi connectivity index (χ0v) is 10.4. The lowest BCUT2D eigenvalue weighted by atomic mass is 10.2. The van der Waals surface area contributed by atoms with Gasteiger partial charge in [-0.25, -0.2) is 14.0 Å². The van der Waals surface area contributed by atoms with Crippen LogP contribution in [0.2, 0.25) is 0 Å². The number of halogens is 1. The molecule has 1 aromatic carbocycles. The first-order valence-electron chi connectivity index (χ1n) is 5.77. The lowest BCUT2D eigenvalue weighted by molar-refractivity contribution is -0.144. The van der Waals surface area contributed by atoms with Crippen LogP contribution in [0.25, 0.3) is 0 Å². The van der Waals surface area contributed by atoms with Crippen molar-refractivity contribution in [1.29, 1.82) is 0 Å². The Morgan fingerprint density at radius 3 is 3.00 bits per heavy atom. The number of amides is 1. The van der Waals surface area contributed by atoms with Crippen molar-refractivity contribution >= 4 is 17.7 Å². The van der Waals surface area contributed by atoms with E-state index in [1.165, 1.54) is 12.1 Å². The van der Waals surface area contributed by atoms with E-state index >= 15 is 0 Å². The van der Waals surface area contributed by atoms with Crippen molar-refractivity contribution in [2.24, 2.45) is 0 Å². The molecule has 0 aliphatic carbocycles. The summed E-state index contributed by atoms with van der Waals surface area (Å²) in [5.41, 5.74) is 0.262. The summed E-state index contributed by atoms with van der Waals surface area (Å²) in [5.74, 6) is -1.85. The fourth-order valence-electron chi connectivity index (χ4n) is 1.77. The second kappa shape index (κ2) is 5.60. The molecule has 0 fully saturated rings. The van der Waals surface area contributed by atoms with Gasteiger partial charge in [0.1, 0.15) is 18.2 Å². The highest BCUT2D eigenvalue weighted by atomic mass is 19.1. The summed E-state index contributed by atoms with van der Waals surface area (Å²) in [6.45, 7) is 3.18. The predicted octanol–water partition coefficient (Wildman–Crippen LogP) is 1.80. The van der Waals surface area contributed by atoms with Gasteiger partial charge in [-0.2, -0.15) is 0 Å². The van der Waals surface area contributed by atoms with Crippen LogP contribution in [0.1, 0.15) is 0 Å². The maximum absolute atomic E-state index is 13.2. The molecule has 0 bridgehead atoms. The Kier molecular flexibility index (Phi) is 3.88. The van der Waals surface area contributed by atoms with Crippen molar-refractivity contribution < 1.29 is 28.6 Å². The minimum absolute atomic E-state index is 0.00947. The van der Waals surface area contributed by atoms with Crippen LogP contribution in [0.5, 0.6) is 5.75 Å². The van der Waals surface area contributed by atoms with E-state index in [1.54, 1.807) is 0 Å². The van der Waals surface area contributed by atoms with Crippen LogP contribution >= 0.6 is 0 Å². The number of hydrogen-bond acceptors (Lipinski definition) is 4. The lowest BCUT2D eigenvalue weighted by Crippen LogP contribution is -2.47. The van der Waals surface area contributed by atoms with E-state index in [0.717, 1.165) is 17.0 Å². The van der Waals surface area contributed by atoms with Crippen LogP contribution in [0.3, 0.4) is 0 Å². The Labute approximate surface area is 114 Å². The topological polar surface area (TPSA) is 76.1 Å². The molecular weight excluding hydrogens is 269 g/mol. The highest BCUT2D eigenvalue weighted by Gasteiger charge is 2.34. The molecular formula is C13H12FNO5. The number of aliphatic carboxylic acids is 1. The maximum Gasteiger partial charge on any atom is 0.414 e. The summed E-state index contributed by atoms with van der Waals surface area (Å²) in [5, 5.41) is 9.00. The number of anilines is 1. The van der Waals surface area contributed by atoms with Gasteiger partial charge < -0.3 is 14.6 Å². The molecule has 1 heterocycles. The standard InChI is InChI=1S/C13H12FNO5/c1-2-5-19-13(18)15-7-11(12(16)17)20-10-6-8(14)3-4-9(10)15/h2-4,6,11H,1,5,7H2,(H,16,17). The number of carbonyl (C=O) groups is 2. The number of rotatable bonds is 3. The number of nitrogens with zero attached hydrogens (tertiary/aromatic N) is 1. The molecule has 0 saturated carbocycles. The van der Waals surface area contributed by atoms with Crippen molar-refractivity contribution in [2.75, 3.05) is 18.1 Å². The molecule has 1 aliphatic heterocycles. The van der Waals surface area contributed by atoms with Gasteiger partial charge in [-0.15, -0.1) is 0 Å². The van der Waals surface area contributed by atoms with Gasteiger partial charge in [0.05, 0.1) is 12.2 Å². The van der Waals surface area contributed by atoms with Gasteiger partial charge in [-0.3, -0.25) is 4.90 Å². The van der Waals surface area contributed by atoms with Crippen molar-refractivity contribution in [3.8, 4) is 5.75 Å². The van der Waals surface area contributed by atoms with Crippen LogP contribution in [-0.2, 0) is 9.53 Å². The van der Waals surface area contributed by atoms with Gasteiger partial charge in [0.25, 0.3) is 0 Å². The fraction of sp³-hybridized carbons (Fsp3) is 0.231. The molecule has 106 valence electrons. The molecule has 1 amide bonds. The van der Waals surface area contributed by atoms with Crippen LogP contribution in [0.15, 0.2) is 30.9 Å². The molecule has 1 N–H and O–H groups in total. The molecule has 0 aromatic heterocycles. The van der Waals surface area contributed by atoms with Crippen LogP contribution in [0, 0.1) is 5.82 Å². The summed E-state index contributed by atoms with van der Waals surface area (Å²) >= 11 is 0. The smallest absolute Gasteiger partial charge is 0.414 e. The minimum Gasteiger partial charge on any atom is -0.478 e. The van der Waals surface area contributed by atoms with E-state index in [2.05, 4.69) is 6.58 Å². The summed E-state index contributed by atoms with van der Waals surface area (Å²) in [6, 6.07) is 3.51. The molecule has 7 heteroatoms. The third kappa shape index (κ3) is 2.71. The lowest BCUT2D eigenvalue weighted by Gasteiger charge is -2.32. The maximum atomic E-state index is 13.2. The normalized spacial score (nSPS) is 16.9. The number of carboxylic acid groups (broad SMARTS) is 1. The quantitative estimate of drug-likeness (QED) is 0.855. The molecule has 2 rings (SSSR count). The Balaban J connectivity index is 2.33. The first-order chi connectivity index (χ1) is 9.52. The zero-order chi connectivity index (χ0) is 14.7. The van der Waals surface area contributed by atoms with E-state index in [1.807, 2.05) is 0 Å². The Morgan fingerprint density at radius 1 is 1.60 bits per heavy atom. The summed E-state index contributed by atoms with van der Waals surface area (Å²) < 4.78 is 23.2. The number of benzene rings is 1. The largest absolute Gasteiger partial charge is 0.478 e. The molecule has 0 spiro atoms. The second-order valence-electron chi connectivity index (χ2n) is 4.03. The van der Waals surface area contributed by atoms with Gasteiger partial charge in [0.15, 0.2) is 0 Å². The molecule has 0 saturated heterocycles. The SMILES string of the molecule is C=CCOC(=O)N1CC(C(=O)O)Oc2cc(F)ccc21. The van der Waals surface area contributed by atoms with Gasteiger partial charge in [-0.1, -0.05) is 12.7 Å². The third-order valence-electron chi connectivity index (χ3n) is 2.65. The second-order valence-corrected chi connectivity index (χ2v) is 4.03. The number of fused-ring (bicyclic) bond motifs is 1. The van der Waals surface area contributed by atoms with Gasteiger partial charge in [0, 0.05) is 6.07 Å². The first kappa shape index (κ1) is 13.9. The van der Waals surface area contributed by atoms with Gasteiger partial charge >= 0.3 is 12.1 Å². The van der Waals surface area contributed by atoms with E-state index in [0.29, 0.717) is 0 Å². The average molecular weight is 281 g/mol. The summed E-state index contributed by atoms with van der Waals surface area (Å²) in [6.07, 6.45) is -0.633. The summed E-state index contributed by atoms with van der Waals surface area (Å²) in [4.78, 5) is 24.0. The number of carboxylic acids is 1. The zero-order valence-electron chi connectivity index (χ0n) is 10.4. The minimum atomic E-state index is -1.28. The fourth-order valence-corrected chi connectivity index (χ4v) is 1.77. The number of hydrogen-bond donors (Lipinski definition) is 1. The molecule has 1 aromatic rings. The highest BCUT2D eigenvalue weighted by molar-refractivity contribution is 5.92. The van der Waals surface area contributed by atoms with E-state index < -0.39 is 24.0 Å². The molecule has 0 radical (unpaired) electrons. The van der Waals surface area contributed by atoms with Crippen molar-refractivity contribution in [3.05, 3.63) is 36.7 Å². The Bertz CT molecular complexity index is 560. The molecule has 1 aliphatic rings. The Hall–Kier alpha value is -2.57. The summed E-state index contributed by atoms with van der Waals surface area (Å²) in [7, 11) is 0. The first-order valence-corrected chi connectivity index (χ1v) is 5.77. The van der Waals surface area contributed by atoms with E-state index in [4.69, 9.17) is 14.6 Å². The predicted molar refractivity (Wildman–Crippen MR) is 67.3 cm³/mol. The van der Waals surface area contributed by atoms with Crippen molar-refractivity contribution in [2.45, 2.75) is 6.10 Å². The molecule has 1 unspecified atom stereocenters. The highest BCUT2D eigenvalue weighted by Crippen LogP contribution is 2.34. The Morgan fingerprint density at radius 2 is 2.35 bits per heavy atom. The van der Waals surface area contributed by atoms with E-state index in [9.17, 15) is 14.0 Å².